The number of aromatic nitrogens is 2. The van der Waals surface area contributed by atoms with Crippen molar-refractivity contribution in [2.24, 2.45) is 5.73 Å². The van der Waals surface area contributed by atoms with E-state index in [-0.39, 0.29) is 12.3 Å². The van der Waals surface area contributed by atoms with Gasteiger partial charge in [0.2, 0.25) is 5.91 Å². The number of nitrogens with one attached hydrogen (secondary N) is 2. The van der Waals surface area contributed by atoms with Gasteiger partial charge in [0.25, 0.3) is 0 Å². The number of hydrogen-bond acceptors (Lipinski definition) is 5. The summed E-state index contributed by atoms with van der Waals surface area (Å²) in [6, 6.07) is 0. The second-order valence-corrected chi connectivity index (χ2v) is 5.88. The van der Waals surface area contributed by atoms with Crippen LogP contribution in [0.1, 0.15) is 52.5 Å². The Kier molecular flexibility index (Phi) is 6.39. The molecule has 0 aromatic carbocycles. The molecular formula is C15H27N5O. The highest BCUT2D eigenvalue weighted by Crippen LogP contribution is 2.25. The number of carbonyl (C=O) groups excluding carboxylic acids is 1. The van der Waals surface area contributed by atoms with E-state index in [1.165, 1.54) is 0 Å². The summed E-state index contributed by atoms with van der Waals surface area (Å²) in [5.74, 6) is 1.31. The molecule has 21 heavy (non-hydrogen) atoms. The van der Waals surface area contributed by atoms with Crippen LogP contribution in [0.4, 0.5) is 11.6 Å². The van der Waals surface area contributed by atoms with Crippen LogP contribution < -0.4 is 16.4 Å². The molecule has 0 spiro atoms. The average Bonchev–Trinajstić information content (AvgIpc) is 2.37. The minimum atomic E-state index is -0.440. The summed E-state index contributed by atoms with van der Waals surface area (Å²) < 4.78 is 0. The zero-order chi connectivity index (χ0) is 15.9. The summed E-state index contributed by atoms with van der Waals surface area (Å²) in [6.45, 7) is 8.99. The number of nitrogens with zero attached hydrogens (tertiary/aromatic N) is 2. The third-order valence-corrected chi connectivity index (χ3v) is 3.06. The molecular weight excluding hydrogens is 266 g/mol. The summed E-state index contributed by atoms with van der Waals surface area (Å²) in [6.07, 6.45) is 4.70. The number of rotatable bonds is 9. The van der Waals surface area contributed by atoms with Crippen LogP contribution in [0, 0.1) is 0 Å². The quantitative estimate of drug-likeness (QED) is 0.649. The van der Waals surface area contributed by atoms with Gasteiger partial charge in [-0.1, -0.05) is 20.3 Å². The van der Waals surface area contributed by atoms with Crippen LogP contribution >= 0.6 is 0 Å². The Hall–Kier alpha value is -1.85. The maximum atomic E-state index is 11.2. The molecule has 0 saturated heterocycles. The minimum Gasteiger partial charge on any atom is -0.370 e. The fourth-order valence-electron chi connectivity index (χ4n) is 2.20. The zero-order valence-electron chi connectivity index (χ0n) is 13.5. The van der Waals surface area contributed by atoms with Crippen molar-refractivity contribution in [1.29, 1.82) is 0 Å². The highest BCUT2D eigenvalue weighted by atomic mass is 16.1. The standard InChI is InChI=1S/C15H27N5O/c1-5-7-11-13(17-8-6-2)18-10-19-14(11)20-15(3,4)9-12(16)21/h10H,5-9H2,1-4H3,(H2,16,21)(H2,17,18,19,20). The van der Waals surface area contributed by atoms with Crippen LogP contribution in [0.15, 0.2) is 6.33 Å². The molecule has 1 heterocycles. The third-order valence-electron chi connectivity index (χ3n) is 3.06. The summed E-state index contributed by atoms with van der Waals surface area (Å²) in [4.78, 5) is 19.8. The Balaban J connectivity index is 3.01. The lowest BCUT2D eigenvalue weighted by molar-refractivity contribution is -0.118. The number of nitrogens with two attached hydrogens (primary N) is 1. The SMILES string of the molecule is CCCNc1ncnc(NC(C)(C)CC(N)=O)c1CCC. The molecule has 4 N–H and O–H groups in total. The Morgan fingerprint density at radius 2 is 1.90 bits per heavy atom. The minimum absolute atomic E-state index is 0.250. The molecule has 1 rings (SSSR count). The van der Waals surface area contributed by atoms with Crippen LogP contribution in [0.3, 0.4) is 0 Å². The topological polar surface area (TPSA) is 92.9 Å². The van der Waals surface area contributed by atoms with Gasteiger partial charge in [0.15, 0.2) is 0 Å². The molecule has 1 aromatic heterocycles. The highest BCUT2D eigenvalue weighted by molar-refractivity contribution is 5.75. The summed E-state index contributed by atoms with van der Waals surface area (Å²) in [7, 11) is 0. The molecule has 0 aliphatic rings. The van der Waals surface area contributed by atoms with E-state index in [2.05, 4.69) is 34.4 Å². The third kappa shape index (κ3) is 5.57. The van der Waals surface area contributed by atoms with Crippen LogP contribution in [0.5, 0.6) is 0 Å². The van der Waals surface area contributed by atoms with E-state index in [0.29, 0.717) is 0 Å². The molecule has 6 nitrogen and oxygen atoms in total. The Labute approximate surface area is 126 Å². The molecule has 0 aliphatic heterocycles. The van der Waals surface area contributed by atoms with Gasteiger partial charge in [0, 0.05) is 24.1 Å². The average molecular weight is 293 g/mol. The van der Waals surface area contributed by atoms with Crippen LogP contribution in [0.2, 0.25) is 0 Å². The van der Waals surface area contributed by atoms with Gasteiger partial charge >= 0.3 is 0 Å². The molecule has 6 heteroatoms. The number of hydrogen-bond donors (Lipinski definition) is 3. The Bertz CT molecular complexity index is 473. The Morgan fingerprint density at radius 3 is 2.48 bits per heavy atom. The van der Waals surface area contributed by atoms with Crippen molar-refractivity contribution >= 4 is 17.5 Å². The Morgan fingerprint density at radius 1 is 1.24 bits per heavy atom. The van der Waals surface area contributed by atoms with Crippen molar-refractivity contribution in [2.45, 2.75) is 58.9 Å². The second-order valence-electron chi connectivity index (χ2n) is 5.88. The first-order chi connectivity index (χ1) is 9.89. The molecule has 0 fully saturated rings. The smallest absolute Gasteiger partial charge is 0.219 e. The lowest BCUT2D eigenvalue weighted by Gasteiger charge is -2.27. The number of carbonyl (C=O) groups is 1. The molecule has 0 bridgehead atoms. The predicted octanol–water partition coefficient (Wildman–Crippen LogP) is 2.32. The first kappa shape index (κ1) is 17.2. The van der Waals surface area contributed by atoms with Crippen molar-refractivity contribution in [3.8, 4) is 0 Å². The van der Waals surface area contributed by atoms with Crippen molar-refractivity contribution in [3.05, 3.63) is 11.9 Å². The van der Waals surface area contributed by atoms with Crippen LogP contribution in [-0.4, -0.2) is 28.0 Å². The van der Waals surface area contributed by atoms with Gasteiger partial charge in [-0.3, -0.25) is 4.79 Å². The largest absolute Gasteiger partial charge is 0.370 e. The number of anilines is 2. The van der Waals surface area contributed by atoms with Crippen molar-refractivity contribution in [1.82, 2.24) is 9.97 Å². The summed E-state index contributed by atoms with van der Waals surface area (Å²) in [5, 5.41) is 6.66. The van der Waals surface area contributed by atoms with E-state index in [4.69, 9.17) is 5.73 Å². The van der Waals surface area contributed by atoms with E-state index in [9.17, 15) is 4.79 Å². The number of primary amides is 1. The van der Waals surface area contributed by atoms with Gasteiger partial charge in [-0.2, -0.15) is 0 Å². The molecule has 0 radical (unpaired) electrons. The first-order valence-corrected chi connectivity index (χ1v) is 7.53. The molecule has 0 unspecified atom stereocenters. The number of amides is 1. The van der Waals surface area contributed by atoms with Crippen molar-refractivity contribution < 1.29 is 4.79 Å². The van der Waals surface area contributed by atoms with E-state index < -0.39 is 5.54 Å². The summed E-state index contributed by atoms with van der Waals surface area (Å²) in [5.41, 5.74) is 5.92. The fraction of sp³-hybridized carbons (Fsp3) is 0.667. The van der Waals surface area contributed by atoms with Crippen LogP contribution in [0.25, 0.3) is 0 Å². The molecule has 0 saturated carbocycles. The van der Waals surface area contributed by atoms with Gasteiger partial charge in [-0.25, -0.2) is 9.97 Å². The van der Waals surface area contributed by atoms with E-state index in [1.807, 2.05) is 13.8 Å². The van der Waals surface area contributed by atoms with Crippen molar-refractivity contribution in [2.75, 3.05) is 17.2 Å². The normalized spacial score (nSPS) is 11.2. The summed E-state index contributed by atoms with van der Waals surface area (Å²) >= 11 is 0. The molecule has 0 atom stereocenters. The molecule has 1 aromatic rings. The van der Waals surface area contributed by atoms with Gasteiger partial charge in [0.05, 0.1) is 0 Å². The van der Waals surface area contributed by atoms with Crippen LogP contribution in [-0.2, 0) is 11.2 Å². The fourth-order valence-corrected chi connectivity index (χ4v) is 2.20. The maximum absolute atomic E-state index is 11.2. The van der Waals surface area contributed by atoms with E-state index >= 15 is 0 Å². The second kappa shape index (κ2) is 7.81. The molecule has 118 valence electrons. The lowest BCUT2D eigenvalue weighted by Crippen LogP contribution is -2.36. The van der Waals surface area contributed by atoms with Gasteiger partial charge in [-0.05, 0) is 26.7 Å². The first-order valence-electron chi connectivity index (χ1n) is 7.53. The highest BCUT2D eigenvalue weighted by Gasteiger charge is 2.23. The maximum Gasteiger partial charge on any atom is 0.219 e. The van der Waals surface area contributed by atoms with Gasteiger partial charge in [0.1, 0.15) is 18.0 Å². The van der Waals surface area contributed by atoms with Gasteiger partial charge in [-0.15, -0.1) is 0 Å². The van der Waals surface area contributed by atoms with Crippen molar-refractivity contribution in [3.63, 3.8) is 0 Å². The van der Waals surface area contributed by atoms with Gasteiger partial charge < -0.3 is 16.4 Å². The zero-order valence-corrected chi connectivity index (χ0v) is 13.5. The monoisotopic (exact) mass is 293 g/mol. The van der Waals surface area contributed by atoms with E-state index in [0.717, 1.165) is 43.0 Å². The molecule has 1 amide bonds. The lowest BCUT2D eigenvalue weighted by atomic mass is 9.99. The predicted molar refractivity (Wildman–Crippen MR) is 86.3 cm³/mol. The van der Waals surface area contributed by atoms with E-state index in [1.54, 1.807) is 6.33 Å². The molecule has 0 aliphatic carbocycles.